The second-order valence-electron chi connectivity index (χ2n) is 3.80. The molecule has 0 fully saturated rings. The van der Waals surface area contributed by atoms with Gasteiger partial charge in [0.05, 0.1) is 5.56 Å². The Morgan fingerprint density at radius 1 is 1.25 bits per heavy atom. The molecule has 0 spiro atoms. The molecule has 0 aliphatic carbocycles. The van der Waals surface area contributed by atoms with Gasteiger partial charge in [0, 0.05) is 9.50 Å². The van der Waals surface area contributed by atoms with E-state index in [1.807, 2.05) is 0 Å². The molecule has 2 aromatic carbocycles. The molecule has 0 aliphatic heterocycles. The van der Waals surface area contributed by atoms with Crippen LogP contribution in [0.4, 0.5) is 4.39 Å². The van der Waals surface area contributed by atoms with E-state index in [1.54, 1.807) is 12.1 Å². The second-order valence-corrected chi connectivity index (χ2v) is 5.15. The highest BCUT2D eigenvalue weighted by Gasteiger charge is 2.13. The van der Waals surface area contributed by atoms with Crippen LogP contribution in [0.15, 0.2) is 46.0 Å². The first-order chi connectivity index (χ1) is 9.51. The van der Waals surface area contributed by atoms with Crippen LogP contribution in [0.5, 0.6) is 11.5 Å². The standard InChI is InChI=1S/C13H9BrClFN2O2/c14-7-1-3-10(16)12(5-7)20-11-4-2-8(15)6-9(11)13(17)18-19/h1-6,19H,(H2,17,18). The predicted octanol–water partition coefficient (Wildman–Crippen LogP) is 4.13. The van der Waals surface area contributed by atoms with Crippen LogP contribution in [0.1, 0.15) is 5.56 Å². The molecule has 0 saturated heterocycles. The van der Waals surface area contributed by atoms with Gasteiger partial charge in [0.2, 0.25) is 0 Å². The highest BCUT2D eigenvalue weighted by atomic mass is 79.9. The molecule has 20 heavy (non-hydrogen) atoms. The zero-order valence-electron chi connectivity index (χ0n) is 9.98. The minimum Gasteiger partial charge on any atom is -0.453 e. The van der Waals surface area contributed by atoms with E-state index in [1.165, 1.54) is 24.3 Å². The number of nitrogens with two attached hydrogens (primary N) is 1. The SMILES string of the molecule is N/C(=N/O)c1cc(Cl)ccc1Oc1cc(Br)ccc1F. The summed E-state index contributed by atoms with van der Waals surface area (Å²) in [6, 6.07) is 8.81. The molecule has 4 nitrogen and oxygen atoms in total. The van der Waals surface area contributed by atoms with Gasteiger partial charge in [0.1, 0.15) is 5.75 Å². The Labute approximate surface area is 127 Å². The third-order valence-electron chi connectivity index (χ3n) is 2.44. The minimum absolute atomic E-state index is 0.00804. The van der Waals surface area contributed by atoms with Gasteiger partial charge in [-0.05, 0) is 36.4 Å². The Hall–Kier alpha value is -1.79. The first-order valence-electron chi connectivity index (χ1n) is 5.41. The van der Waals surface area contributed by atoms with E-state index in [4.69, 9.17) is 27.3 Å². The molecule has 0 bridgehead atoms. The highest BCUT2D eigenvalue weighted by Crippen LogP contribution is 2.31. The van der Waals surface area contributed by atoms with E-state index in [-0.39, 0.29) is 22.9 Å². The van der Waals surface area contributed by atoms with Crippen LogP contribution in [0.3, 0.4) is 0 Å². The molecule has 0 aliphatic rings. The van der Waals surface area contributed by atoms with Crippen molar-refractivity contribution < 1.29 is 14.3 Å². The van der Waals surface area contributed by atoms with Gasteiger partial charge in [-0.1, -0.05) is 32.7 Å². The molecule has 2 aromatic rings. The van der Waals surface area contributed by atoms with Gasteiger partial charge in [0.25, 0.3) is 0 Å². The van der Waals surface area contributed by atoms with Crippen molar-refractivity contribution >= 4 is 33.4 Å². The highest BCUT2D eigenvalue weighted by molar-refractivity contribution is 9.10. The number of halogens is 3. The Balaban J connectivity index is 2.46. The summed E-state index contributed by atoms with van der Waals surface area (Å²) in [5.41, 5.74) is 5.81. The lowest BCUT2D eigenvalue weighted by Crippen LogP contribution is -2.14. The van der Waals surface area contributed by atoms with Crippen LogP contribution in [0.25, 0.3) is 0 Å². The number of hydrogen-bond acceptors (Lipinski definition) is 3. The van der Waals surface area contributed by atoms with Gasteiger partial charge in [-0.2, -0.15) is 0 Å². The van der Waals surface area contributed by atoms with E-state index in [0.29, 0.717) is 9.50 Å². The van der Waals surface area contributed by atoms with Gasteiger partial charge in [-0.25, -0.2) is 4.39 Å². The summed E-state index contributed by atoms with van der Waals surface area (Å²) in [5, 5.41) is 12.0. The fourth-order valence-electron chi connectivity index (χ4n) is 1.52. The van der Waals surface area contributed by atoms with Crippen LogP contribution < -0.4 is 10.5 Å². The predicted molar refractivity (Wildman–Crippen MR) is 78.1 cm³/mol. The Bertz CT molecular complexity index is 679. The van der Waals surface area contributed by atoms with Crippen molar-refractivity contribution in [3.05, 3.63) is 57.3 Å². The zero-order valence-corrected chi connectivity index (χ0v) is 12.3. The first-order valence-corrected chi connectivity index (χ1v) is 6.58. The normalized spacial score (nSPS) is 11.4. The summed E-state index contributed by atoms with van der Waals surface area (Å²) in [7, 11) is 0. The molecule has 0 amide bonds. The lowest BCUT2D eigenvalue weighted by atomic mass is 10.2. The van der Waals surface area contributed by atoms with Crippen LogP contribution in [0, 0.1) is 5.82 Å². The molecule has 2 rings (SSSR count). The van der Waals surface area contributed by atoms with Crippen LogP contribution in [-0.4, -0.2) is 11.0 Å². The number of amidine groups is 1. The number of benzene rings is 2. The average molecular weight is 360 g/mol. The van der Waals surface area contributed by atoms with E-state index in [2.05, 4.69) is 21.1 Å². The van der Waals surface area contributed by atoms with E-state index >= 15 is 0 Å². The number of rotatable bonds is 3. The number of oxime groups is 1. The topological polar surface area (TPSA) is 67.8 Å². The number of ether oxygens (including phenoxy) is 1. The van der Waals surface area contributed by atoms with Crippen LogP contribution in [-0.2, 0) is 0 Å². The molecule has 104 valence electrons. The molecule has 0 aromatic heterocycles. The van der Waals surface area contributed by atoms with Gasteiger partial charge >= 0.3 is 0 Å². The van der Waals surface area contributed by atoms with Crippen LogP contribution in [0.2, 0.25) is 5.02 Å². The molecule has 0 saturated carbocycles. The quantitative estimate of drug-likeness (QED) is 0.375. The number of hydrogen-bond donors (Lipinski definition) is 2. The summed E-state index contributed by atoms with van der Waals surface area (Å²) in [5.74, 6) is -0.484. The molecule has 0 heterocycles. The van der Waals surface area contributed by atoms with E-state index in [0.717, 1.165) is 0 Å². The summed E-state index contributed by atoms with van der Waals surface area (Å²) < 4.78 is 19.8. The minimum atomic E-state index is -0.534. The molecule has 0 atom stereocenters. The summed E-state index contributed by atoms with van der Waals surface area (Å²) >= 11 is 9.07. The zero-order chi connectivity index (χ0) is 14.7. The molecular formula is C13H9BrClFN2O2. The van der Waals surface area contributed by atoms with E-state index < -0.39 is 5.82 Å². The van der Waals surface area contributed by atoms with E-state index in [9.17, 15) is 4.39 Å². The largest absolute Gasteiger partial charge is 0.453 e. The summed E-state index contributed by atoms with van der Waals surface area (Å²) in [4.78, 5) is 0. The molecular weight excluding hydrogens is 351 g/mol. The van der Waals surface area contributed by atoms with Crippen molar-refractivity contribution in [1.82, 2.24) is 0 Å². The number of nitrogens with zero attached hydrogens (tertiary/aromatic N) is 1. The summed E-state index contributed by atoms with van der Waals surface area (Å²) in [6.45, 7) is 0. The molecule has 0 unspecified atom stereocenters. The monoisotopic (exact) mass is 358 g/mol. The van der Waals surface area contributed by atoms with Crippen molar-refractivity contribution in [3.8, 4) is 11.5 Å². The fraction of sp³-hybridized carbons (Fsp3) is 0. The van der Waals surface area contributed by atoms with Crippen molar-refractivity contribution in [2.24, 2.45) is 10.9 Å². The lowest BCUT2D eigenvalue weighted by molar-refractivity contribution is 0.318. The van der Waals surface area contributed by atoms with Gasteiger partial charge in [0.15, 0.2) is 17.4 Å². The summed E-state index contributed by atoms with van der Waals surface area (Å²) in [6.07, 6.45) is 0. The molecule has 7 heteroatoms. The van der Waals surface area contributed by atoms with Crippen molar-refractivity contribution in [2.45, 2.75) is 0 Å². The molecule has 3 N–H and O–H groups in total. The van der Waals surface area contributed by atoms with Crippen molar-refractivity contribution in [3.63, 3.8) is 0 Å². The smallest absolute Gasteiger partial charge is 0.173 e. The third kappa shape index (κ3) is 3.20. The Kier molecular flexibility index (Phi) is 4.46. The van der Waals surface area contributed by atoms with Crippen molar-refractivity contribution in [2.75, 3.05) is 0 Å². The van der Waals surface area contributed by atoms with Crippen molar-refractivity contribution in [1.29, 1.82) is 0 Å². The van der Waals surface area contributed by atoms with Gasteiger partial charge in [-0.3, -0.25) is 0 Å². The Morgan fingerprint density at radius 3 is 2.70 bits per heavy atom. The van der Waals surface area contributed by atoms with Gasteiger partial charge < -0.3 is 15.7 Å². The maximum atomic E-state index is 13.7. The first kappa shape index (κ1) is 14.6. The maximum absolute atomic E-state index is 13.7. The maximum Gasteiger partial charge on any atom is 0.173 e. The van der Waals surface area contributed by atoms with Crippen LogP contribution >= 0.6 is 27.5 Å². The Morgan fingerprint density at radius 2 is 2.00 bits per heavy atom. The molecule has 0 radical (unpaired) electrons. The third-order valence-corrected chi connectivity index (χ3v) is 3.17. The average Bonchev–Trinajstić information content (AvgIpc) is 2.43. The lowest BCUT2D eigenvalue weighted by Gasteiger charge is -2.11. The fourth-order valence-corrected chi connectivity index (χ4v) is 2.03. The van der Waals surface area contributed by atoms with Gasteiger partial charge in [-0.15, -0.1) is 0 Å². The second kappa shape index (κ2) is 6.11.